The van der Waals surface area contributed by atoms with E-state index in [0.29, 0.717) is 12.0 Å². The average molecular weight is 249 g/mol. The Labute approximate surface area is 105 Å². The number of hydrogen-bond donors (Lipinski definition) is 3. The van der Waals surface area contributed by atoms with Gasteiger partial charge in [-0.15, -0.1) is 0 Å². The molecule has 0 spiro atoms. The summed E-state index contributed by atoms with van der Waals surface area (Å²) in [7, 11) is 0. The maximum atomic E-state index is 10.5. The van der Waals surface area contributed by atoms with Crippen molar-refractivity contribution >= 4 is 5.97 Å². The molecule has 1 rings (SSSR count). The number of nitriles is 1. The molecule has 0 amide bonds. The molecule has 5 heteroatoms. The number of aliphatic carboxylic acids is 1. The van der Waals surface area contributed by atoms with Crippen molar-refractivity contribution in [3.8, 4) is 6.07 Å². The topological polar surface area (TPSA) is 102 Å². The van der Waals surface area contributed by atoms with Gasteiger partial charge in [-0.3, -0.25) is 4.79 Å². The molecule has 96 valence electrons. The van der Waals surface area contributed by atoms with Crippen molar-refractivity contribution in [3.05, 3.63) is 35.4 Å². The highest BCUT2D eigenvalue weighted by Gasteiger charge is 2.18. The molecule has 2 atom stereocenters. The minimum atomic E-state index is -1.13. The Hall–Kier alpha value is -1.90. The lowest BCUT2D eigenvalue weighted by Crippen LogP contribution is -2.17. The van der Waals surface area contributed by atoms with E-state index in [4.69, 9.17) is 10.4 Å². The molecule has 0 heterocycles. The lowest BCUT2D eigenvalue weighted by atomic mass is 9.99. The van der Waals surface area contributed by atoms with Crippen molar-refractivity contribution in [2.75, 3.05) is 0 Å². The molecule has 18 heavy (non-hydrogen) atoms. The van der Waals surface area contributed by atoms with Gasteiger partial charge in [0.1, 0.15) is 6.10 Å². The highest BCUT2D eigenvalue weighted by Crippen LogP contribution is 2.20. The van der Waals surface area contributed by atoms with Crippen LogP contribution in [0.5, 0.6) is 0 Å². The van der Waals surface area contributed by atoms with Crippen molar-refractivity contribution < 1.29 is 20.1 Å². The fraction of sp³-hybridized carbons (Fsp3) is 0.385. The van der Waals surface area contributed by atoms with Gasteiger partial charge in [0, 0.05) is 6.42 Å². The van der Waals surface area contributed by atoms with Crippen molar-refractivity contribution in [2.24, 2.45) is 0 Å². The number of aryl methyl sites for hydroxylation is 1. The van der Waals surface area contributed by atoms with E-state index in [0.717, 1.165) is 5.56 Å². The van der Waals surface area contributed by atoms with Gasteiger partial charge < -0.3 is 15.3 Å². The quantitative estimate of drug-likeness (QED) is 0.698. The molecular weight excluding hydrogens is 234 g/mol. The second-order valence-corrected chi connectivity index (χ2v) is 4.01. The molecule has 0 aliphatic heterocycles. The molecule has 1 aromatic rings. The number of hydrogen-bond acceptors (Lipinski definition) is 4. The monoisotopic (exact) mass is 249 g/mol. The summed E-state index contributed by atoms with van der Waals surface area (Å²) in [5.41, 5.74) is 1.26. The van der Waals surface area contributed by atoms with E-state index < -0.39 is 18.2 Å². The van der Waals surface area contributed by atoms with Crippen molar-refractivity contribution in [1.82, 2.24) is 0 Å². The van der Waals surface area contributed by atoms with E-state index in [2.05, 4.69) is 0 Å². The minimum Gasteiger partial charge on any atom is -0.481 e. The van der Waals surface area contributed by atoms with Gasteiger partial charge in [0.25, 0.3) is 0 Å². The standard InChI is InChI=1S/C13H15NO4/c14-7-6-11(15)13(18)10-3-1-2-9(8-10)4-5-12(16)17/h1-3,8,11,13,15,18H,4-6H2,(H,16,17). The highest BCUT2D eigenvalue weighted by atomic mass is 16.4. The van der Waals surface area contributed by atoms with E-state index in [9.17, 15) is 15.0 Å². The fourth-order valence-corrected chi connectivity index (χ4v) is 1.61. The van der Waals surface area contributed by atoms with E-state index >= 15 is 0 Å². The van der Waals surface area contributed by atoms with Crippen LogP contribution < -0.4 is 0 Å². The van der Waals surface area contributed by atoms with Crippen LogP contribution in [0.4, 0.5) is 0 Å². The summed E-state index contributed by atoms with van der Waals surface area (Å²) in [5.74, 6) is -0.884. The lowest BCUT2D eigenvalue weighted by molar-refractivity contribution is -0.136. The van der Waals surface area contributed by atoms with Crippen LogP contribution in [0.25, 0.3) is 0 Å². The molecule has 2 unspecified atom stereocenters. The number of carboxylic acids is 1. The first-order valence-corrected chi connectivity index (χ1v) is 5.58. The zero-order valence-corrected chi connectivity index (χ0v) is 9.78. The van der Waals surface area contributed by atoms with E-state index in [1.54, 1.807) is 30.3 Å². The number of rotatable bonds is 6. The van der Waals surface area contributed by atoms with Crippen LogP contribution in [0.3, 0.4) is 0 Å². The third kappa shape index (κ3) is 4.17. The Bertz CT molecular complexity index is 453. The maximum absolute atomic E-state index is 10.5. The number of aliphatic hydroxyl groups excluding tert-OH is 2. The molecule has 3 N–H and O–H groups in total. The smallest absolute Gasteiger partial charge is 0.303 e. The first-order chi connectivity index (χ1) is 8.54. The average Bonchev–Trinajstić information content (AvgIpc) is 2.36. The van der Waals surface area contributed by atoms with Crippen molar-refractivity contribution in [2.45, 2.75) is 31.5 Å². The van der Waals surface area contributed by atoms with Crippen LogP contribution in [0.2, 0.25) is 0 Å². The molecule has 0 saturated carbocycles. The molecule has 0 aliphatic carbocycles. The summed E-state index contributed by atoms with van der Waals surface area (Å²) in [6.45, 7) is 0. The zero-order valence-electron chi connectivity index (χ0n) is 9.78. The van der Waals surface area contributed by atoms with Gasteiger partial charge in [0.15, 0.2) is 0 Å². The highest BCUT2D eigenvalue weighted by molar-refractivity contribution is 5.67. The van der Waals surface area contributed by atoms with Crippen LogP contribution in [0.15, 0.2) is 24.3 Å². The van der Waals surface area contributed by atoms with Gasteiger partial charge in [0.2, 0.25) is 0 Å². The Kier molecular flexibility index (Phi) is 5.31. The SMILES string of the molecule is N#CCC(O)C(O)c1cccc(CCC(=O)O)c1. The van der Waals surface area contributed by atoms with Crippen LogP contribution in [0.1, 0.15) is 30.1 Å². The van der Waals surface area contributed by atoms with Gasteiger partial charge in [0.05, 0.1) is 18.6 Å². The largest absolute Gasteiger partial charge is 0.481 e. The number of carboxylic acid groups (broad SMARTS) is 1. The predicted octanol–water partition coefficient (Wildman–Crippen LogP) is 1.01. The van der Waals surface area contributed by atoms with Gasteiger partial charge in [-0.25, -0.2) is 0 Å². The molecule has 0 aliphatic rings. The van der Waals surface area contributed by atoms with Gasteiger partial charge >= 0.3 is 5.97 Å². The summed E-state index contributed by atoms with van der Waals surface area (Å²) in [6, 6.07) is 8.52. The van der Waals surface area contributed by atoms with E-state index in [1.165, 1.54) is 0 Å². The Balaban J connectivity index is 2.75. The lowest BCUT2D eigenvalue weighted by Gasteiger charge is -2.16. The van der Waals surface area contributed by atoms with Crippen LogP contribution in [0, 0.1) is 11.3 Å². The van der Waals surface area contributed by atoms with Crippen molar-refractivity contribution in [3.63, 3.8) is 0 Å². The molecular formula is C13H15NO4. The van der Waals surface area contributed by atoms with Crippen molar-refractivity contribution in [1.29, 1.82) is 5.26 Å². The Morgan fingerprint density at radius 2 is 2.11 bits per heavy atom. The van der Waals surface area contributed by atoms with Gasteiger partial charge in [-0.1, -0.05) is 24.3 Å². The minimum absolute atomic E-state index is 0.0142. The summed E-state index contributed by atoms with van der Waals surface area (Å²) < 4.78 is 0. The second kappa shape index (κ2) is 6.74. The normalized spacial score (nSPS) is 13.6. The first kappa shape index (κ1) is 14.2. The Morgan fingerprint density at radius 3 is 2.72 bits per heavy atom. The molecule has 0 saturated heterocycles. The fourth-order valence-electron chi connectivity index (χ4n) is 1.61. The third-order valence-corrected chi connectivity index (χ3v) is 2.58. The van der Waals surface area contributed by atoms with Gasteiger partial charge in [-0.05, 0) is 17.5 Å². The third-order valence-electron chi connectivity index (χ3n) is 2.58. The molecule has 0 radical (unpaired) electrons. The van der Waals surface area contributed by atoms with Crippen LogP contribution in [-0.2, 0) is 11.2 Å². The maximum Gasteiger partial charge on any atom is 0.303 e. The summed E-state index contributed by atoms with van der Waals surface area (Å²) >= 11 is 0. The molecule has 1 aromatic carbocycles. The summed E-state index contributed by atoms with van der Waals surface area (Å²) in [4.78, 5) is 10.5. The summed E-state index contributed by atoms with van der Waals surface area (Å²) in [5, 5.41) is 36.4. The number of carbonyl (C=O) groups is 1. The first-order valence-electron chi connectivity index (χ1n) is 5.58. The van der Waals surface area contributed by atoms with Crippen LogP contribution >= 0.6 is 0 Å². The zero-order chi connectivity index (χ0) is 13.5. The van der Waals surface area contributed by atoms with E-state index in [1.807, 2.05) is 0 Å². The van der Waals surface area contributed by atoms with E-state index in [-0.39, 0.29) is 12.8 Å². The molecule has 0 aromatic heterocycles. The second-order valence-electron chi connectivity index (χ2n) is 4.01. The number of aliphatic hydroxyl groups is 2. The predicted molar refractivity (Wildman–Crippen MR) is 63.6 cm³/mol. The van der Waals surface area contributed by atoms with Gasteiger partial charge in [-0.2, -0.15) is 5.26 Å². The molecule has 0 fully saturated rings. The Morgan fingerprint density at radius 1 is 1.39 bits per heavy atom. The van der Waals surface area contributed by atoms with Crippen LogP contribution in [-0.4, -0.2) is 27.4 Å². The number of benzene rings is 1. The number of nitrogens with zero attached hydrogens (tertiary/aromatic N) is 1. The summed E-state index contributed by atoms with van der Waals surface area (Å²) in [6.07, 6.45) is -2.04. The molecule has 0 bridgehead atoms. The molecule has 5 nitrogen and oxygen atoms in total.